The quantitative estimate of drug-likeness (QED) is 0.672. The van der Waals surface area contributed by atoms with Gasteiger partial charge in [0.15, 0.2) is 0 Å². The zero-order valence-electron chi connectivity index (χ0n) is 7.83. The molecule has 13 heavy (non-hydrogen) atoms. The van der Waals surface area contributed by atoms with Gasteiger partial charge in [0, 0.05) is 6.20 Å². The fraction of sp³-hybridized carbons (Fsp3) is 0.545. The van der Waals surface area contributed by atoms with Crippen LogP contribution >= 0.6 is 11.6 Å². The van der Waals surface area contributed by atoms with E-state index < -0.39 is 0 Å². The molecular weight excluding hydrogens is 182 g/mol. The summed E-state index contributed by atoms with van der Waals surface area (Å²) < 4.78 is 0. The normalized spacial score (nSPS) is 18.6. The van der Waals surface area contributed by atoms with Gasteiger partial charge in [0.1, 0.15) is 5.15 Å². The highest BCUT2D eigenvalue weighted by atomic mass is 35.5. The van der Waals surface area contributed by atoms with E-state index in [0.29, 0.717) is 11.1 Å². The van der Waals surface area contributed by atoms with Gasteiger partial charge in [-0.1, -0.05) is 24.6 Å². The summed E-state index contributed by atoms with van der Waals surface area (Å²) in [5.41, 5.74) is 1.36. The maximum absolute atomic E-state index is 5.74. The monoisotopic (exact) mass is 195 g/mol. The summed E-state index contributed by atoms with van der Waals surface area (Å²) >= 11 is 5.74. The van der Waals surface area contributed by atoms with Crippen molar-refractivity contribution in [1.82, 2.24) is 4.98 Å². The summed E-state index contributed by atoms with van der Waals surface area (Å²) in [6.07, 6.45) is 5.92. The topological polar surface area (TPSA) is 12.9 Å². The molecule has 2 rings (SSSR count). The van der Waals surface area contributed by atoms with Crippen LogP contribution in [0.3, 0.4) is 0 Å². The average Bonchev–Trinajstić information content (AvgIpc) is 2.93. The summed E-state index contributed by atoms with van der Waals surface area (Å²) in [4.78, 5) is 4.12. The maximum atomic E-state index is 5.74. The van der Waals surface area contributed by atoms with Gasteiger partial charge in [-0.25, -0.2) is 4.98 Å². The molecule has 0 N–H and O–H groups in total. The van der Waals surface area contributed by atoms with Crippen molar-refractivity contribution in [1.29, 1.82) is 0 Å². The Morgan fingerprint density at radius 2 is 2.31 bits per heavy atom. The molecule has 0 spiro atoms. The summed E-state index contributed by atoms with van der Waals surface area (Å²) in [6.45, 7) is 2.25. The van der Waals surface area contributed by atoms with E-state index in [2.05, 4.69) is 18.0 Å². The summed E-state index contributed by atoms with van der Waals surface area (Å²) in [5, 5.41) is 0.592. The zero-order chi connectivity index (χ0) is 9.26. The number of hydrogen-bond donors (Lipinski definition) is 0. The van der Waals surface area contributed by atoms with Crippen molar-refractivity contribution in [3.63, 3.8) is 0 Å². The molecule has 1 unspecified atom stereocenters. The lowest BCUT2D eigenvalue weighted by molar-refractivity contribution is 0.585. The van der Waals surface area contributed by atoms with Crippen LogP contribution in [0.25, 0.3) is 0 Å². The Hall–Kier alpha value is -0.560. The minimum Gasteiger partial charge on any atom is -0.244 e. The van der Waals surface area contributed by atoms with Crippen molar-refractivity contribution < 1.29 is 0 Å². The number of nitrogens with zero attached hydrogens (tertiary/aromatic N) is 1. The number of pyridine rings is 1. The summed E-state index contributed by atoms with van der Waals surface area (Å²) in [7, 11) is 0. The third-order valence-corrected chi connectivity index (χ3v) is 3.03. The Bertz CT molecular complexity index is 277. The number of halogens is 1. The smallest absolute Gasteiger partial charge is 0.129 e. The molecule has 0 saturated heterocycles. The molecule has 0 radical (unpaired) electrons. The van der Waals surface area contributed by atoms with E-state index in [1.807, 2.05) is 12.3 Å². The Balaban J connectivity index is 2.17. The van der Waals surface area contributed by atoms with Gasteiger partial charge in [0.2, 0.25) is 0 Å². The van der Waals surface area contributed by atoms with Crippen LogP contribution in [0.2, 0.25) is 5.15 Å². The molecule has 0 bridgehead atoms. The summed E-state index contributed by atoms with van der Waals surface area (Å²) in [6, 6.07) is 4.00. The van der Waals surface area contributed by atoms with E-state index in [1.165, 1.54) is 24.8 Å². The van der Waals surface area contributed by atoms with Gasteiger partial charge in [0.25, 0.3) is 0 Å². The summed E-state index contributed by atoms with van der Waals surface area (Å²) in [5.74, 6) is 1.62. The second-order valence-electron chi connectivity index (χ2n) is 3.77. The third-order valence-electron chi connectivity index (χ3n) is 2.81. The minimum atomic E-state index is 0.592. The molecule has 1 aliphatic rings. The average molecular weight is 196 g/mol. The van der Waals surface area contributed by atoms with Gasteiger partial charge in [-0.05, 0) is 42.7 Å². The van der Waals surface area contributed by atoms with Gasteiger partial charge in [-0.3, -0.25) is 0 Å². The van der Waals surface area contributed by atoms with Crippen LogP contribution in [0.1, 0.15) is 37.7 Å². The molecule has 1 aromatic heterocycles. The lowest BCUT2D eigenvalue weighted by Crippen LogP contribution is -1.99. The second kappa shape index (κ2) is 3.67. The van der Waals surface area contributed by atoms with E-state index >= 15 is 0 Å². The molecule has 0 aromatic carbocycles. The number of aromatic nitrogens is 1. The Morgan fingerprint density at radius 1 is 1.54 bits per heavy atom. The van der Waals surface area contributed by atoms with E-state index in [4.69, 9.17) is 11.6 Å². The van der Waals surface area contributed by atoms with Crippen molar-refractivity contribution in [3.05, 3.63) is 29.0 Å². The second-order valence-corrected chi connectivity index (χ2v) is 4.15. The fourth-order valence-electron chi connectivity index (χ4n) is 1.95. The van der Waals surface area contributed by atoms with Gasteiger partial charge < -0.3 is 0 Å². The standard InChI is InChI=1S/C11H14ClN/c1-2-10(8-3-4-8)9-5-6-11(12)13-7-9/h5-8,10H,2-4H2,1H3. The largest absolute Gasteiger partial charge is 0.244 e. The Morgan fingerprint density at radius 3 is 2.77 bits per heavy atom. The van der Waals surface area contributed by atoms with Crippen LogP contribution in [0.15, 0.2) is 18.3 Å². The molecular formula is C11H14ClN. The first kappa shape index (κ1) is 9.01. The van der Waals surface area contributed by atoms with Gasteiger partial charge in [-0.2, -0.15) is 0 Å². The van der Waals surface area contributed by atoms with E-state index in [0.717, 1.165) is 5.92 Å². The lowest BCUT2D eigenvalue weighted by atomic mass is 9.93. The molecule has 0 amide bonds. The van der Waals surface area contributed by atoms with Crippen molar-refractivity contribution in [3.8, 4) is 0 Å². The predicted molar refractivity (Wildman–Crippen MR) is 55.0 cm³/mol. The molecule has 1 fully saturated rings. The SMILES string of the molecule is CCC(c1ccc(Cl)nc1)C1CC1. The molecule has 1 nitrogen and oxygen atoms in total. The number of rotatable bonds is 3. The molecule has 1 saturated carbocycles. The minimum absolute atomic E-state index is 0.592. The van der Waals surface area contributed by atoms with E-state index in [1.54, 1.807) is 0 Å². The highest BCUT2D eigenvalue weighted by Gasteiger charge is 2.30. The van der Waals surface area contributed by atoms with Gasteiger partial charge >= 0.3 is 0 Å². The van der Waals surface area contributed by atoms with Crippen molar-refractivity contribution >= 4 is 11.6 Å². The molecule has 1 aromatic rings. The van der Waals surface area contributed by atoms with Crippen LogP contribution in [0, 0.1) is 5.92 Å². The molecule has 0 aliphatic heterocycles. The fourth-order valence-corrected chi connectivity index (χ4v) is 2.06. The van der Waals surface area contributed by atoms with E-state index in [9.17, 15) is 0 Å². The molecule has 70 valence electrons. The van der Waals surface area contributed by atoms with Crippen molar-refractivity contribution in [2.24, 2.45) is 5.92 Å². The first-order chi connectivity index (χ1) is 6.31. The highest BCUT2D eigenvalue weighted by Crippen LogP contribution is 2.44. The van der Waals surface area contributed by atoms with E-state index in [-0.39, 0.29) is 0 Å². The first-order valence-corrected chi connectivity index (χ1v) is 5.30. The number of hydrogen-bond acceptors (Lipinski definition) is 1. The first-order valence-electron chi connectivity index (χ1n) is 4.92. The molecule has 1 atom stereocenters. The van der Waals surface area contributed by atoms with Crippen molar-refractivity contribution in [2.75, 3.05) is 0 Å². The van der Waals surface area contributed by atoms with Gasteiger partial charge in [0.05, 0.1) is 0 Å². The van der Waals surface area contributed by atoms with Crippen LogP contribution in [0.5, 0.6) is 0 Å². The highest BCUT2D eigenvalue weighted by molar-refractivity contribution is 6.29. The zero-order valence-corrected chi connectivity index (χ0v) is 8.59. The van der Waals surface area contributed by atoms with Crippen LogP contribution < -0.4 is 0 Å². The van der Waals surface area contributed by atoms with Crippen LogP contribution in [-0.2, 0) is 0 Å². The lowest BCUT2D eigenvalue weighted by Gasteiger charge is -2.13. The van der Waals surface area contributed by atoms with Crippen molar-refractivity contribution in [2.45, 2.75) is 32.1 Å². The van der Waals surface area contributed by atoms with Crippen LogP contribution in [-0.4, -0.2) is 4.98 Å². The molecule has 2 heteroatoms. The Kier molecular flexibility index (Phi) is 2.54. The van der Waals surface area contributed by atoms with Crippen LogP contribution in [0.4, 0.5) is 0 Å². The molecule has 1 aliphatic carbocycles. The Labute approximate surface area is 84.1 Å². The van der Waals surface area contributed by atoms with Gasteiger partial charge in [-0.15, -0.1) is 0 Å². The third kappa shape index (κ3) is 2.02. The predicted octanol–water partition coefficient (Wildman–Crippen LogP) is 3.64. The molecule has 1 heterocycles. The maximum Gasteiger partial charge on any atom is 0.129 e.